The van der Waals surface area contributed by atoms with Crippen molar-refractivity contribution >= 4 is 5.57 Å². The summed E-state index contributed by atoms with van der Waals surface area (Å²) in [5.41, 5.74) is -0.216. The molecule has 5 heteroatoms. The maximum absolute atomic E-state index is 12.9. The van der Waals surface area contributed by atoms with Crippen LogP contribution in [0.3, 0.4) is 0 Å². The van der Waals surface area contributed by atoms with Crippen molar-refractivity contribution in [2.75, 3.05) is 14.1 Å². The number of nitrogens with one attached hydrogen (secondary N) is 1. The Kier molecular flexibility index (Phi) is 5.74. The van der Waals surface area contributed by atoms with Gasteiger partial charge in [0.25, 0.3) is 0 Å². The Bertz CT molecular complexity index is 388. The molecule has 0 aromatic heterocycles. The number of benzene rings is 1. The second-order valence-corrected chi connectivity index (χ2v) is 3.13. The van der Waals surface area contributed by atoms with Crippen LogP contribution in [0.2, 0.25) is 0 Å². The Hall–Kier alpha value is -1.36. The molecule has 1 nitrogen and oxygen atoms in total. The van der Waals surface area contributed by atoms with Crippen molar-refractivity contribution < 1.29 is 17.6 Å². The quantitative estimate of drug-likeness (QED) is 0.448. The van der Waals surface area contributed by atoms with Gasteiger partial charge in [-0.2, -0.15) is 0 Å². The molecular formula is C11H13F4N. The molecule has 0 saturated heterocycles. The first-order valence-corrected chi connectivity index (χ1v) is 4.44. The van der Waals surface area contributed by atoms with Gasteiger partial charge < -0.3 is 5.32 Å². The highest BCUT2D eigenvalue weighted by molar-refractivity contribution is 5.61. The molecule has 1 rings (SSSR count). The summed E-state index contributed by atoms with van der Waals surface area (Å²) >= 11 is 0. The Balaban J connectivity index is 0.000000673. The standard InChI is InChI=1S/C9H6F4.C2H7N/c1-4(2)5-3-6(10)8(12)9(13)7(5)11;1-3-2/h3H,1H2,2H3;3H,1-2H3. The second kappa shape index (κ2) is 6.27. The maximum atomic E-state index is 12.9. The lowest BCUT2D eigenvalue weighted by molar-refractivity contribution is 0.408. The molecule has 1 aromatic rings. The van der Waals surface area contributed by atoms with Crippen LogP contribution in [0.4, 0.5) is 17.6 Å². The van der Waals surface area contributed by atoms with Crippen molar-refractivity contribution in [1.82, 2.24) is 5.32 Å². The third kappa shape index (κ3) is 3.34. The topological polar surface area (TPSA) is 12.0 Å². The summed E-state index contributed by atoms with van der Waals surface area (Å²) in [4.78, 5) is 0. The van der Waals surface area contributed by atoms with Crippen LogP contribution >= 0.6 is 0 Å². The van der Waals surface area contributed by atoms with E-state index in [1.165, 1.54) is 6.92 Å². The van der Waals surface area contributed by atoms with E-state index in [-0.39, 0.29) is 11.1 Å². The first-order valence-electron chi connectivity index (χ1n) is 4.44. The second-order valence-electron chi connectivity index (χ2n) is 3.13. The number of allylic oxidation sites excluding steroid dienone is 1. The van der Waals surface area contributed by atoms with Crippen molar-refractivity contribution in [3.8, 4) is 0 Å². The minimum atomic E-state index is -1.81. The SMILES string of the molecule is C=C(C)c1cc(F)c(F)c(F)c1F.CNC. The molecule has 90 valence electrons. The number of halogens is 4. The smallest absolute Gasteiger partial charge is 0.198 e. The van der Waals surface area contributed by atoms with E-state index in [1.54, 1.807) is 0 Å². The van der Waals surface area contributed by atoms with Crippen molar-refractivity contribution in [2.45, 2.75) is 6.92 Å². The molecule has 0 aliphatic heterocycles. The van der Waals surface area contributed by atoms with Gasteiger partial charge in [-0.05, 0) is 32.7 Å². The highest BCUT2D eigenvalue weighted by atomic mass is 19.2. The van der Waals surface area contributed by atoms with Crippen LogP contribution in [0.15, 0.2) is 12.6 Å². The third-order valence-electron chi connectivity index (χ3n) is 1.56. The zero-order valence-electron chi connectivity index (χ0n) is 9.30. The van der Waals surface area contributed by atoms with E-state index in [0.29, 0.717) is 6.07 Å². The Morgan fingerprint density at radius 3 is 1.88 bits per heavy atom. The average molecular weight is 235 g/mol. The summed E-state index contributed by atoms with van der Waals surface area (Å²) in [7, 11) is 3.75. The van der Waals surface area contributed by atoms with E-state index in [9.17, 15) is 17.6 Å². The fourth-order valence-electron chi connectivity index (χ4n) is 0.883. The zero-order chi connectivity index (χ0) is 12.9. The zero-order valence-corrected chi connectivity index (χ0v) is 9.30. The molecule has 0 fully saturated rings. The van der Waals surface area contributed by atoms with E-state index < -0.39 is 23.3 Å². The molecule has 0 radical (unpaired) electrons. The van der Waals surface area contributed by atoms with Crippen LogP contribution in [0.1, 0.15) is 12.5 Å². The average Bonchev–Trinajstić information content (AvgIpc) is 2.21. The van der Waals surface area contributed by atoms with Gasteiger partial charge in [-0.15, -0.1) is 0 Å². The predicted molar refractivity (Wildman–Crippen MR) is 56.0 cm³/mol. The maximum Gasteiger partial charge on any atom is 0.198 e. The summed E-state index contributed by atoms with van der Waals surface area (Å²) in [6.07, 6.45) is 0. The first kappa shape index (κ1) is 14.6. The van der Waals surface area contributed by atoms with E-state index >= 15 is 0 Å². The molecule has 0 heterocycles. The molecule has 16 heavy (non-hydrogen) atoms. The van der Waals surface area contributed by atoms with Gasteiger partial charge >= 0.3 is 0 Å². The predicted octanol–water partition coefficient (Wildman–Crippen LogP) is 3.11. The van der Waals surface area contributed by atoms with Crippen LogP contribution in [-0.2, 0) is 0 Å². The van der Waals surface area contributed by atoms with Gasteiger partial charge in [0.2, 0.25) is 0 Å². The minimum Gasteiger partial charge on any atom is -0.323 e. The van der Waals surface area contributed by atoms with E-state index in [4.69, 9.17) is 0 Å². The number of rotatable bonds is 1. The largest absolute Gasteiger partial charge is 0.323 e. The molecular weight excluding hydrogens is 222 g/mol. The Labute approximate surface area is 91.8 Å². The molecule has 0 saturated carbocycles. The fraction of sp³-hybridized carbons (Fsp3) is 0.273. The van der Waals surface area contributed by atoms with Gasteiger partial charge in [-0.3, -0.25) is 0 Å². The van der Waals surface area contributed by atoms with Crippen molar-refractivity contribution in [2.24, 2.45) is 0 Å². The normalized spacial score (nSPS) is 9.44. The molecule has 0 atom stereocenters. The van der Waals surface area contributed by atoms with Gasteiger partial charge in [-0.25, -0.2) is 17.6 Å². The van der Waals surface area contributed by atoms with E-state index in [0.717, 1.165) is 0 Å². The summed E-state index contributed by atoms with van der Waals surface area (Å²) in [6, 6.07) is 0.579. The molecule has 0 spiro atoms. The minimum absolute atomic E-state index is 0.135. The Morgan fingerprint density at radius 1 is 1.06 bits per heavy atom. The molecule has 0 unspecified atom stereocenters. The van der Waals surface area contributed by atoms with Gasteiger partial charge in [0.15, 0.2) is 23.3 Å². The van der Waals surface area contributed by atoms with Crippen molar-refractivity contribution in [3.05, 3.63) is 41.5 Å². The van der Waals surface area contributed by atoms with Gasteiger partial charge in [0.05, 0.1) is 0 Å². The lowest BCUT2D eigenvalue weighted by Crippen LogP contribution is -1.99. The van der Waals surface area contributed by atoms with Gasteiger partial charge in [0, 0.05) is 5.56 Å². The first-order chi connectivity index (χ1) is 7.36. The van der Waals surface area contributed by atoms with Crippen LogP contribution in [0.5, 0.6) is 0 Å². The van der Waals surface area contributed by atoms with E-state index in [1.807, 2.05) is 14.1 Å². The molecule has 1 N–H and O–H groups in total. The van der Waals surface area contributed by atoms with Gasteiger partial charge in [0.1, 0.15) is 0 Å². The molecule has 0 aliphatic carbocycles. The third-order valence-corrected chi connectivity index (χ3v) is 1.56. The summed E-state index contributed by atoms with van der Waals surface area (Å²) in [5, 5.41) is 2.75. The summed E-state index contributed by atoms with van der Waals surface area (Å²) < 4.78 is 50.4. The fourth-order valence-corrected chi connectivity index (χ4v) is 0.883. The van der Waals surface area contributed by atoms with E-state index in [2.05, 4.69) is 11.9 Å². The van der Waals surface area contributed by atoms with Crippen LogP contribution in [-0.4, -0.2) is 14.1 Å². The lowest BCUT2D eigenvalue weighted by atomic mass is 10.1. The van der Waals surface area contributed by atoms with Crippen LogP contribution < -0.4 is 5.32 Å². The van der Waals surface area contributed by atoms with Crippen molar-refractivity contribution in [1.29, 1.82) is 0 Å². The Morgan fingerprint density at radius 2 is 1.50 bits per heavy atom. The number of hydrogen-bond donors (Lipinski definition) is 1. The highest BCUT2D eigenvalue weighted by Crippen LogP contribution is 2.22. The summed E-state index contributed by atoms with van der Waals surface area (Å²) in [5.74, 6) is -6.44. The summed E-state index contributed by atoms with van der Waals surface area (Å²) in [6.45, 7) is 4.67. The molecule has 1 aromatic carbocycles. The lowest BCUT2D eigenvalue weighted by Gasteiger charge is -2.04. The van der Waals surface area contributed by atoms with Crippen LogP contribution in [0.25, 0.3) is 5.57 Å². The van der Waals surface area contributed by atoms with Crippen LogP contribution in [0, 0.1) is 23.3 Å². The molecule has 0 aliphatic rings. The number of hydrogen-bond acceptors (Lipinski definition) is 1. The monoisotopic (exact) mass is 235 g/mol. The molecule has 0 bridgehead atoms. The van der Waals surface area contributed by atoms with Crippen molar-refractivity contribution in [3.63, 3.8) is 0 Å². The highest BCUT2D eigenvalue weighted by Gasteiger charge is 2.18. The van der Waals surface area contributed by atoms with Gasteiger partial charge in [-0.1, -0.05) is 6.58 Å². The molecule has 0 amide bonds.